The van der Waals surface area contributed by atoms with Crippen LogP contribution in [0.2, 0.25) is 0 Å². The molecule has 4 aromatic rings. The number of aromatic nitrogens is 2. The number of fused-ring (bicyclic) bond motifs is 1. The second-order valence-electron chi connectivity index (χ2n) is 8.68. The molecule has 1 amide bonds. The maximum absolute atomic E-state index is 12.6. The van der Waals surface area contributed by atoms with Crippen LogP contribution in [-0.4, -0.2) is 35.7 Å². The van der Waals surface area contributed by atoms with Crippen molar-refractivity contribution in [2.45, 2.75) is 39.7 Å². The zero-order valence-corrected chi connectivity index (χ0v) is 20.7. The van der Waals surface area contributed by atoms with E-state index in [0.717, 1.165) is 42.0 Å². The Kier molecular flexibility index (Phi) is 8.03. The minimum absolute atomic E-state index is 0.145. The third kappa shape index (κ3) is 6.01. The highest BCUT2D eigenvalue weighted by Crippen LogP contribution is 2.20. The van der Waals surface area contributed by atoms with Gasteiger partial charge in [0.15, 0.2) is 0 Å². The summed E-state index contributed by atoms with van der Waals surface area (Å²) in [5.41, 5.74) is 5.15. The van der Waals surface area contributed by atoms with Crippen molar-refractivity contribution in [2.24, 2.45) is 0 Å². The van der Waals surface area contributed by atoms with Crippen molar-refractivity contribution in [3.63, 3.8) is 0 Å². The normalized spacial score (nSPS) is 10.9. The summed E-state index contributed by atoms with van der Waals surface area (Å²) in [7, 11) is 1.57. The lowest BCUT2D eigenvalue weighted by Crippen LogP contribution is -2.27. The van der Waals surface area contributed by atoms with Crippen LogP contribution in [0.3, 0.4) is 0 Å². The molecule has 182 valence electrons. The Morgan fingerprint density at radius 1 is 0.971 bits per heavy atom. The molecule has 0 aliphatic carbocycles. The molecule has 0 aliphatic rings. The molecule has 1 N–H and O–H groups in total. The first kappa shape index (κ1) is 24.3. The van der Waals surface area contributed by atoms with Crippen molar-refractivity contribution in [1.29, 1.82) is 0 Å². The van der Waals surface area contributed by atoms with Gasteiger partial charge in [-0.25, -0.2) is 4.98 Å². The van der Waals surface area contributed by atoms with Crippen LogP contribution < -0.4 is 14.8 Å². The first-order chi connectivity index (χ1) is 17.1. The lowest BCUT2D eigenvalue weighted by Gasteiger charge is -2.12. The van der Waals surface area contributed by atoms with E-state index in [-0.39, 0.29) is 5.91 Å². The van der Waals surface area contributed by atoms with E-state index in [4.69, 9.17) is 14.5 Å². The second kappa shape index (κ2) is 11.6. The number of imidazole rings is 1. The van der Waals surface area contributed by atoms with Gasteiger partial charge in [0.25, 0.3) is 5.91 Å². The molecule has 0 unspecified atom stereocenters. The fourth-order valence-electron chi connectivity index (χ4n) is 4.15. The number of hydrogen-bond acceptors (Lipinski definition) is 4. The molecule has 0 atom stereocenters. The number of carbonyl (C=O) groups excluding carboxylic acids is 1. The molecule has 0 fully saturated rings. The average Bonchev–Trinajstić information content (AvgIpc) is 3.23. The molecule has 0 saturated heterocycles. The molecule has 0 aliphatic heterocycles. The fourth-order valence-corrected chi connectivity index (χ4v) is 4.15. The first-order valence-electron chi connectivity index (χ1n) is 12.1. The number of amides is 1. The van der Waals surface area contributed by atoms with Gasteiger partial charge in [0.1, 0.15) is 17.3 Å². The number of ether oxygens (including phenoxy) is 2. The van der Waals surface area contributed by atoms with Gasteiger partial charge in [0.2, 0.25) is 0 Å². The fraction of sp³-hybridized carbons (Fsp3) is 0.310. The van der Waals surface area contributed by atoms with E-state index in [1.165, 1.54) is 11.1 Å². The number of benzene rings is 3. The van der Waals surface area contributed by atoms with Crippen molar-refractivity contribution in [3.8, 4) is 11.5 Å². The minimum atomic E-state index is -0.145. The molecule has 1 heterocycles. The molecule has 0 saturated carbocycles. The molecule has 1 aromatic heterocycles. The Morgan fingerprint density at radius 2 is 1.77 bits per heavy atom. The molecule has 6 nitrogen and oxygen atoms in total. The van der Waals surface area contributed by atoms with Crippen LogP contribution in [-0.2, 0) is 13.0 Å². The molecule has 4 rings (SSSR count). The van der Waals surface area contributed by atoms with Crippen molar-refractivity contribution in [2.75, 3.05) is 20.3 Å². The summed E-state index contributed by atoms with van der Waals surface area (Å²) in [5.74, 6) is 2.32. The molecular formula is C29H33N3O3. The highest BCUT2D eigenvalue weighted by molar-refractivity contribution is 5.96. The molecule has 6 heteroatoms. The van der Waals surface area contributed by atoms with Gasteiger partial charge in [-0.2, -0.15) is 0 Å². The Balaban J connectivity index is 1.34. The summed E-state index contributed by atoms with van der Waals surface area (Å²) in [6.45, 7) is 6.24. The van der Waals surface area contributed by atoms with Gasteiger partial charge in [0, 0.05) is 19.5 Å². The van der Waals surface area contributed by atoms with Crippen LogP contribution in [0.1, 0.15) is 40.2 Å². The second-order valence-corrected chi connectivity index (χ2v) is 8.68. The minimum Gasteiger partial charge on any atom is -0.496 e. The van der Waals surface area contributed by atoms with Crippen molar-refractivity contribution >= 4 is 16.9 Å². The van der Waals surface area contributed by atoms with Crippen LogP contribution in [0, 0.1) is 13.8 Å². The third-order valence-corrected chi connectivity index (χ3v) is 6.24. The zero-order valence-electron chi connectivity index (χ0n) is 20.7. The SMILES string of the molecule is COc1ccccc1C(=O)NCCc1nc2ccccc2n1CCCCOc1ccc(C)c(C)c1. The van der Waals surface area contributed by atoms with Crippen LogP contribution in [0.15, 0.2) is 66.7 Å². The number of carbonyl (C=O) groups is 1. The van der Waals surface area contributed by atoms with Gasteiger partial charge in [-0.15, -0.1) is 0 Å². The van der Waals surface area contributed by atoms with Crippen molar-refractivity contribution in [1.82, 2.24) is 14.9 Å². The molecule has 0 bridgehead atoms. The van der Waals surface area contributed by atoms with Gasteiger partial charge in [0.05, 0.1) is 30.3 Å². The lowest BCUT2D eigenvalue weighted by molar-refractivity contribution is 0.0951. The molecule has 0 spiro atoms. The van der Waals surface area contributed by atoms with Gasteiger partial charge < -0.3 is 19.4 Å². The summed E-state index contributed by atoms with van der Waals surface area (Å²) in [5, 5.41) is 3.00. The predicted molar refractivity (Wildman–Crippen MR) is 139 cm³/mol. The van der Waals surface area contributed by atoms with E-state index in [1.54, 1.807) is 19.2 Å². The van der Waals surface area contributed by atoms with E-state index in [9.17, 15) is 4.79 Å². The van der Waals surface area contributed by atoms with Gasteiger partial charge in [-0.1, -0.05) is 30.3 Å². The molecule has 3 aromatic carbocycles. The molecule has 35 heavy (non-hydrogen) atoms. The molecular weight excluding hydrogens is 438 g/mol. The highest BCUT2D eigenvalue weighted by Gasteiger charge is 2.13. The summed E-state index contributed by atoms with van der Waals surface area (Å²) >= 11 is 0. The summed E-state index contributed by atoms with van der Waals surface area (Å²) < 4.78 is 13.5. The first-order valence-corrected chi connectivity index (χ1v) is 12.1. The van der Waals surface area contributed by atoms with E-state index < -0.39 is 0 Å². The number of unbranched alkanes of at least 4 members (excludes halogenated alkanes) is 1. The third-order valence-electron chi connectivity index (χ3n) is 6.24. The quantitative estimate of drug-likeness (QED) is 0.294. The standard InChI is InChI=1S/C29H33N3O3/c1-21-14-15-23(20-22(21)2)35-19-9-8-18-32-26-12-6-5-11-25(26)31-28(32)16-17-30-29(33)24-10-4-7-13-27(24)34-3/h4-7,10-15,20H,8-9,16-19H2,1-3H3,(H,30,33). The van der Waals surface area contributed by atoms with E-state index in [2.05, 4.69) is 41.9 Å². The summed E-state index contributed by atoms with van der Waals surface area (Å²) in [4.78, 5) is 17.5. The number of aryl methyl sites for hydroxylation is 3. The molecule has 0 radical (unpaired) electrons. The number of nitrogens with one attached hydrogen (secondary N) is 1. The van der Waals surface area contributed by atoms with E-state index in [1.807, 2.05) is 36.4 Å². The Labute approximate surface area is 206 Å². The largest absolute Gasteiger partial charge is 0.496 e. The lowest BCUT2D eigenvalue weighted by atomic mass is 10.1. The van der Waals surface area contributed by atoms with Crippen molar-refractivity contribution in [3.05, 3.63) is 89.2 Å². The van der Waals surface area contributed by atoms with Crippen LogP contribution in [0.25, 0.3) is 11.0 Å². The maximum atomic E-state index is 12.6. The van der Waals surface area contributed by atoms with Crippen molar-refractivity contribution < 1.29 is 14.3 Å². The number of methoxy groups -OCH3 is 1. The highest BCUT2D eigenvalue weighted by atomic mass is 16.5. The van der Waals surface area contributed by atoms with E-state index >= 15 is 0 Å². The number of hydrogen-bond donors (Lipinski definition) is 1. The number of rotatable bonds is 11. The Morgan fingerprint density at radius 3 is 2.60 bits per heavy atom. The Hall–Kier alpha value is -3.80. The smallest absolute Gasteiger partial charge is 0.255 e. The topological polar surface area (TPSA) is 65.4 Å². The van der Waals surface area contributed by atoms with Crippen LogP contribution >= 0.6 is 0 Å². The van der Waals surface area contributed by atoms with Gasteiger partial charge >= 0.3 is 0 Å². The van der Waals surface area contributed by atoms with Gasteiger partial charge in [-0.3, -0.25) is 4.79 Å². The monoisotopic (exact) mass is 471 g/mol. The van der Waals surface area contributed by atoms with Crippen LogP contribution in [0.5, 0.6) is 11.5 Å². The number of para-hydroxylation sites is 3. The summed E-state index contributed by atoms with van der Waals surface area (Å²) in [6.07, 6.45) is 2.57. The summed E-state index contributed by atoms with van der Waals surface area (Å²) in [6, 6.07) is 21.6. The predicted octanol–water partition coefficient (Wildman–Crippen LogP) is 5.49. The Bertz CT molecular complexity index is 1300. The number of nitrogens with zero attached hydrogens (tertiary/aromatic N) is 2. The van der Waals surface area contributed by atoms with Crippen LogP contribution in [0.4, 0.5) is 0 Å². The van der Waals surface area contributed by atoms with Gasteiger partial charge in [-0.05, 0) is 74.2 Å². The average molecular weight is 472 g/mol. The zero-order chi connectivity index (χ0) is 24.6. The maximum Gasteiger partial charge on any atom is 0.255 e. The van der Waals surface area contributed by atoms with E-state index in [0.29, 0.717) is 30.9 Å².